The molecule has 22 heavy (non-hydrogen) atoms. The number of aliphatic hydroxyl groups is 4. The molecule has 0 aromatic rings. The Morgan fingerprint density at radius 3 is 2.05 bits per heavy atom. The van der Waals surface area contributed by atoms with Crippen LogP contribution in [0.2, 0.25) is 0 Å². The van der Waals surface area contributed by atoms with Crippen molar-refractivity contribution in [3.05, 3.63) is 0 Å². The van der Waals surface area contributed by atoms with Gasteiger partial charge in [-0.15, -0.1) is 0 Å². The summed E-state index contributed by atoms with van der Waals surface area (Å²) in [6.07, 6.45) is 3.69. The van der Waals surface area contributed by atoms with Crippen molar-refractivity contribution in [3.8, 4) is 0 Å². The van der Waals surface area contributed by atoms with E-state index in [1.54, 1.807) is 0 Å². The minimum Gasteiger partial charge on any atom is -0.394 e. The van der Waals surface area contributed by atoms with Crippen LogP contribution in [0.1, 0.15) is 58.3 Å². The van der Waals surface area contributed by atoms with Crippen LogP contribution < -0.4 is 0 Å². The van der Waals surface area contributed by atoms with E-state index in [0.29, 0.717) is 6.61 Å². The maximum Gasteiger partial charge on any atom is 0.184 e. The Bertz CT molecular complexity index is 273. The molecule has 0 aliphatic carbocycles. The van der Waals surface area contributed by atoms with Gasteiger partial charge >= 0.3 is 0 Å². The Morgan fingerprint density at radius 2 is 1.45 bits per heavy atom. The third-order valence-corrected chi connectivity index (χ3v) is 4.15. The van der Waals surface area contributed by atoms with E-state index in [1.807, 2.05) is 0 Å². The molecule has 0 saturated carbocycles. The highest BCUT2D eigenvalue weighted by Crippen LogP contribution is 2.22. The number of hydrogen-bond acceptors (Lipinski definition) is 6. The van der Waals surface area contributed by atoms with Crippen molar-refractivity contribution in [2.75, 3.05) is 13.2 Å². The van der Waals surface area contributed by atoms with Crippen molar-refractivity contribution in [2.24, 2.45) is 0 Å². The zero-order chi connectivity index (χ0) is 16.4. The summed E-state index contributed by atoms with van der Waals surface area (Å²) in [4.78, 5) is 0. The van der Waals surface area contributed by atoms with Crippen molar-refractivity contribution < 1.29 is 29.9 Å². The Hall–Kier alpha value is -0.240. The summed E-state index contributed by atoms with van der Waals surface area (Å²) in [7, 11) is 0. The molecule has 6 nitrogen and oxygen atoms in total. The molecule has 132 valence electrons. The van der Waals surface area contributed by atoms with Crippen LogP contribution in [-0.4, -0.2) is 64.3 Å². The Labute approximate surface area is 133 Å². The molecule has 0 spiro atoms. The van der Waals surface area contributed by atoms with E-state index in [2.05, 4.69) is 6.92 Å². The molecular weight excluding hydrogens is 288 g/mol. The molecule has 0 bridgehead atoms. The molecule has 1 heterocycles. The van der Waals surface area contributed by atoms with Gasteiger partial charge in [-0.25, -0.2) is 0 Å². The number of hydrogen-bond donors (Lipinski definition) is 4. The van der Waals surface area contributed by atoms with Crippen LogP contribution in [0.5, 0.6) is 0 Å². The predicted molar refractivity (Wildman–Crippen MR) is 82.3 cm³/mol. The molecule has 1 aliphatic rings. The lowest BCUT2D eigenvalue weighted by Gasteiger charge is -2.40. The van der Waals surface area contributed by atoms with Crippen molar-refractivity contribution in [1.29, 1.82) is 0 Å². The van der Waals surface area contributed by atoms with Gasteiger partial charge in [-0.2, -0.15) is 0 Å². The van der Waals surface area contributed by atoms with Crippen molar-refractivity contribution in [1.82, 2.24) is 0 Å². The van der Waals surface area contributed by atoms with E-state index in [1.165, 1.54) is 38.5 Å². The van der Waals surface area contributed by atoms with Gasteiger partial charge in [0.25, 0.3) is 0 Å². The summed E-state index contributed by atoms with van der Waals surface area (Å²) in [6, 6.07) is 0. The summed E-state index contributed by atoms with van der Waals surface area (Å²) in [5.41, 5.74) is 0. The molecule has 1 fully saturated rings. The number of rotatable bonds is 11. The molecule has 1 saturated heterocycles. The maximum atomic E-state index is 9.91. The normalized spacial score (nSPS) is 32.3. The van der Waals surface area contributed by atoms with Crippen LogP contribution in [0, 0.1) is 0 Å². The summed E-state index contributed by atoms with van der Waals surface area (Å²) in [5.74, 6) is 0. The Kier molecular flexibility index (Phi) is 10.2. The molecule has 1 aliphatic heterocycles. The Balaban J connectivity index is 2.14. The predicted octanol–water partition coefficient (Wildman–Crippen LogP) is 0.944. The van der Waals surface area contributed by atoms with Crippen molar-refractivity contribution in [2.45, 2.75) is 89.0 Å². The first-order chi connectivity index (χ1) is 10.6. The fourth-order valence-electron chi connectivity index (χ4n) is 2.73. The SMILES string of the molecule is CCCCCCCCCCO[C@H]1[C@H](O)[C@@H](O)C(O)O[C@@H]1CO. The van der Waals surface area contributed by atoms with Crippen LogP contribution in [0.3, 0.4) is 0 Å². The maximum absolute atomic E-state index is 9.91. The zero-order valence-corrected chi connectivity index (χ0v) is 13.6. The van der Waals surface area contributed by atoms with E-state index in [4.69, 9.17) is 9.47 Å². The third kappa shape index (κ3) is 6.48. The minimum atomic E-state index is -1.49. The lowest BCUT2D eigenvalue weighted by atomic mass is 9.99. The highest BCUT2D eigenvalue weighted by Gasteiger charge is 2.44. The lowest BCUT2D eigenvalue weighted by Crippen LogP contribution is -2.59. The van der Waals surface area contributed by atoms with Gasteiger partial charge in [0.15, 0.2) is 6.29 Å². The quantitative estimate of drug-likeness (QED) is 0.423. The largest absolute Gasteiger partial charge is 0.394 e. The van der Waals surface area contributed by atoms with Crippen molar-refractivity contribution in [3.63, 3.8) is 0 Å². The van der Waals surface area contributed by atoms with Gasteiger partial charge in [-0.1, -0.05) is 51.9 Å². The first-order valence-corrected chi connectivity index (χ1v) is 8.54. The lowest BCUT2D eigenvalue weighted by molar-refractivity contribution is -0.294. The summed E-state index contributed by atoms with van der Waals surface area (Å²) < 4.78 is 10.6. The van der Waals surface area contributed by atoms with Gasteiger partial charge in [0.05, 0.1) is 6.61 Å². The van der Waals surface area contributed by atoms with Crippen LogP contribution in [0.4, 0.5) is 0 Å². The molecule has 6 heteroatoms. The molecule has 5 atom stereocenters. The van der Waals surface area contributed by atoms with Gasteiger partial charge in [0.2, 0.25) is 0 Å². The van der Waals surface area contributed by atoms with Gasteiger partial charge in [-0.3, -0.25) is 0 Å². The molecule has 1 rings (SSSR count). The van der Waals surface area contributed by atoms with Gasteiger partial charge in [0, 0.05) is 6.61 Å². The van der Waals surface area contributed by atoms with E-state index in [9.17, 15) is 20.4 Å². The standard InChI is InChI=1S/C16H32O6/c1-2-3-4-5-6-7-8-9-10-21-15-12(11-17)22-16(20)14(19)13(15)18/h12-20H,2-11H2,1H3/t12-,13-,14-,15-,16?/m1/s1. The van der Waals surface area contributed by atoms with E-state index in [0.717, 1.165) is 12.8 Å². The average molecular weight is 320 g/mol. The Morgan fingerprint density at radius 1 is 0.864 bits per heavy atom. The highest BCUT2D eigenvalue weighted by molar-refractivity contribution is 4.89. The van der Waals surface area contributed by atoms with Gasteiger partial charge in [-0.05, 0) is 6.42 Å². The summed E-state index contributed by atoms with van der Waals surface area (Å²) in [6.45, 7) is 2.28. The second kappa shape index (κ2) is 11.3. The van der Waals surface area contributed by atoms with Crippen LogP contribution in [-0.2, 0) is 9.47 Å². The molecule has 0 aromatic heterocycles. The zero-order valence-electron chi connectivity index (χ0n) is 13.6. The molecular formula is C16H32O6. The fourth-order valence-corrected chi connectivity index (χ4v) is 2.73. The molecule has 4 N–H and O–H groups in total. The third-order valence-electron chi connectivity index (χ3n) is 4.15. The van der Waals surface area contributed by atoms with E-state index < -0.39 is 30.7 Å². The summed E-state index contributed by atoms with van der Waals surface area (Å²) in [5, 5.41) is 38.1. The fraction of sp³-hybridized carbons (Fsp3) is 1.00. The second-order valence-corrected chi connectivity index (χ2v) is 6.04. The molecule has 0 amide bonds. The molecule has 0 aromatic carbocycles. The van der Waals surface area contributed by atoms with E-state index >= 15 is 0 Å². The smallest absolute Gasteiger partial charge is 0.184 e. The van der Waals surface area contributed by atoms with Crippen LogP contribution >= 0.6 is 0 Å². The van der Waals surface area contributed by atoms with Gasteiger partial charge in [0.1, 0.15) is 24.4 Å². The van der Waals surface area contributed by atoms with Crippen molar-refractivity contribution >= 4 is 0 Å². The first-order valence-electron chi connectivity index (χ1n) is 8.54. The average Bonchev–Trinajstić information content (AvgIpc) is 2.52. The molecule has 1 unspecified atom stereocenters. The number of ether oxygens (including phenoxy) is 2. The van der Waals surface area contributed by atoms with E-state index in [-0.39, 0.29) is 6.61 Å². The topological polar surface area (TPSA) is 99.4 Å². The highest BCUT2D eigenvalue weighted by atomic mass is 16.6. The monoisotopic (exact) mass is 320 g/mol. The number of aliphatic hydroxyl groups excluding tert-OH is 4. The minimum absolute atomic E-state index is 0.372. The second-order valence-electron chi connectivity index (χ2n) is 6.04. The van der Waals surface area contributed by atoms with Gasteiger partial charge < -0.3 is 29.9 Å². The van der Waals surface area contributed by atoms with Crippen LogP contribution in [0.15, 0.2) is 0 Å². The summed E-state index contributed by atoms with van der Waals surface area (Å²) >= 11 is 0. The van der Waals surface area contributed by atoms with Crippen LogP contribution in [0.25, 0.3) is 0 Å². The number of unbranched alkanes of at least 4 members (excludes halogenated alkanes) is 7. The first kappa shape index (κ1) is 19.8. The molecule has 0 radical (unpaired) electrons.